The van der Waals surface area contributed by atoms with Crippen LogP contribution in [0.25, 0.3) is 10.9 Å². The van der Waals surface area contributed by atoms with Crippen molar-refractivity contribution in [2.75, 3.05) is 6.54 Å². The lowest BCUT2D eigenvalue weighted by Gasteiger charge is -2.25. The minimum atomic E-state index is -0.0615. The number of aromatic amines is 1. The van der Waals surface area contributed by atoms with E-state index in [0.717, 1.165) is 23.0 Å². The zero-order valence-electron chi connectivity index (χ0n) is 14.3. The number of rotatable bonds is 5. The summed E-state index contributed by atoms with van der Waals surface area (Å²) in [5.41, 5.74) is 2.65. The molecule has 0 aliphatic heterocycles. The Morgan fingerprint density at radius 3 is 2.84 bits per heavy atom. The summed E-state index contributed by atoms with van der Waals surface area (Å²) in [5, 5.41) is 6.94. The van der Waals surface area contributed by atoms with Crippen LogP contribution in [0.3, 0.4) is 0 Å². The van der Waals surface area contributed by atoms with E-state index in [1.165, 1.54) is 4.88 Å². The normalized spacial score (nSPS) is 10.8. The lowest BCUT2D eigenvalue weighted by atomic mass is 10.1. The molecule has 130 valence electrons. The van der Waals surface area contributed by atoms with Crippen molar-refractivity contribution < 1.29 is 0 Å². The molecule has 3 aromatic rings. The highest BCUT2D eigenvalue weighted by molar-refractivity contribution is 7.80. The van der Waals surface area contributed by atoms with E-state index >= 15 is 0 Å². The Labute approximate surface area is 156 Å². The van der Waals surface area contributed by atoms with Gasteiger partial charge in [0.15, 0.2) is 5.11 Å². The van der Waals surface area contributed by atoms with Gasteiger partial charge in [0, 0.05) is 22.5 Å². The van der Waals surface area contributed by atoms with Gasteiger partial charge >= 0.3 is 0 Å². The standard InChI is InChI=1S/C19H21N3OS2/c1-3-20-19(24)22(12-16-5-4-8-25-16)11-15-10-14-7-6-13(2)9-17(14)21-18(15)23/h4-10H,3,11-12H2,1-2H3,(H,20,24)(H,21,23). The van der Waals surface area contributed by atoms with Crippen LogP contribution in [0.1, 0.15) is 22.9 Å². The zero-order valence-corrected chi connectivity index (χ0v) is 16.0. The fourth-order valence-corrected chi connectivity index (χ4v) is 3.73. The predicted octanol–water partition coefficient (Wildman–Crippen LogP) is 3.79. The molecule has 0 fully saturated rings. The molecule has 2 aromatic heterocycles. The summed E-state index contributed by atoms with van der Waals surface area (Å²) < 4.78 is 0. The van der Waals surface area contributed by atoms with Crippen molar-refractivity contribution in [3.8, 4) is 0 Å². The molecule has 0 spiro atoms. The van der Waals surface area contributed by atoms with Crippen molar-refractivity contribution in [3.05, 3.63) is 68.1 Å². The second kappa shape index (κ2) is 7.80. The Morgan fingerprint density at radius 2 is 2.12 bits per heavy atom. The molecular formula is C19H21N3OS2. The molecule has 0 aliphatic carbocycles. The molecule has 0 bridgehead atoms. The smallest absolute Gasteiger partial charge is 0.253 e. The van der Waals surface area contributed by atoms with Crippen LogP contribution in [0.4, 0.5) is 0 Å². The first-order chi connectivity index (χ1) is 12.1. The third kappa shape index (κ3) is 4.27. The maximum absolute atomic E-state index is 12.5. The van der Waals surface area contributed by atoms with E-state index in [4.69, 9.17) is 12.2 Å². The van der Waals surface area contributed by atoms with E-state index in [-0.39, 0.29) is 5.56 Å². The fraction of sp³-hybridized carbons (Fsp3) is 0.263. The van der Waals surface area contributed by atoms with Gasteiger partial charge in [-0.1, -0.05) is 18.2 Å². The number of thiocarbonyl (C=S) groups is 1. The number of H-pyrrole nitrogens is 1. The third-order valence-corrected chi connectivity index (χ3v) is 5.25. The van der Waals surface area contributed by atoms with Crippen LogP contribution in [0, 0.1) is 6.92 Å². The van der Waals surface area contributed by atoms with Crippen LogP contribution in [0.5, 0.6) is 0 Å². The van der Waals surface area contributed by atoms with Crippen molar-refractivity contribution in [1.82, 2.24) is 15.2 Å². The number of aryl methyl sites for hydroxylation is 1. The molecule has 0 saturated carbocycles. The SMILES string of the molecule is CCNC(=S)N(Cc1cccs1)Cc1cc2ccc(C)cc2[nH]c1=O. The monoisotopic (exact) mass is 371 g/mol. The molecular weight excluding hydrogens is 350 g/mol. The van der Waals surface area contributed by atoms with Crippen LogP contribution in [-0.2, 0) is 13.1 Å². The maximum Gasteiger partial charge on any atom is 0.253 e. The van der Waals surface area contributed by atoms with Crippen LogP contribution < -0.4 is 10.9 Å². The number of benzene rings is 1. The molecule has 1 aromatic carbocycles. The van der Waals surface area contributed by atoms with Gasteiger partial charge in [0.25, 0.3) is 5.56 Å². The van der Waals surface area contributed by atoms with E-state index in [1.54, 1.807) is 11.3 Å². The highest BCUT2D eigenvalue weighted by Gasteiger charge is 2.14. The Bertz CT molecular complexity index is 931. The Hall–Kier alpha value is -2.18. The van der Waals surface area contributed by atoms with Gasteiger partial charge in [-0.05, 0) is 60.6 Å². The highest BCUT2D eigenvalue weighted by Crippen LogP contribution is 2.17. The highest BCUT2D eigenvalue weighted by atomic mass is 32.1. The summed E-state index contributed by atoms with van der Waals surface area (Å²) in [4.78, 5) is 18.8. The van der Waals surface area contributed by atoms with Gasteiger partial charge in [-0.3, -0.25) is 4.79 Å². The molecule has 0 unspecified atom stereocenters. The summed E-state index contributed by atoms with van der Waals surface area (Å²) in [6.07, 6.45) is 0. The molecule has 0 atom stereocenters. The number of nitrogens with zero attached hydrogens (tertiary/aromatic N) is 1. The van der Waals surface area contributed by atoms with Crippen molar-refractivity contribution in [2.24, 2.45) is 0 Å². The molecule has 25 heavy (non-hydrogen) atoms. The first-order valence-corrected chi connectivity index (χ1v) is 9.53. The average molecular weight is 372 g/mol. The molecule has 3 rings (SSSR count). The number of pyridine rings is 1. The van der Waals surface area contributed by atoms with Gasteiger partial charge in [-0.25, -0.2) is 0 Å². The number of hydrogen-bond donors (Lipinski definition) is 2. The second-order valence-corrected chi connectivity index (χ2v) is 7.40. The van der Waals surface area contributed by atoms with Crippen LogP contribution in [0.15, 0.2) is 46.6 Å². The van der Waals surface area contributed by atoms with Gasteiger partial charge in [0.05, 0.1) is 13.1 Å². The van der Waals surface area contributed by atoms with E-state index in [9.17, 15) is 4.79 Å². The Morgan fingerprint density at radius 1 is 1.28 bits per heavy atom. The van der Waals surface area contributed by atoms with Crippen molar-refractivity contribution in [3.63, 3.8) is 0 Å². The molecule has 0 radical (unpaired) electrons. The quantitative estimate of drug-likeness (QED) is 0.670. The molecule has 2 N–H and O–H groups in total. The first-order valence-electron chi connectivity index (χ1n) is 8.24. The summed E-state index contributed by atoms with van der Waals surface area (Å²) in [5.74, 6) is 0. The van der Waals surface area contributed by atoms with Crippen LogP contribution >= 0.6 is 23.6 Å². The molecule has 4 nitrogen and oxygen atoms in total. The Balaban J connectivity index is 1.91. The molecule has 0 saturated heterocycles. The van der Waals surface area contributed by atoms with E-state index < -0.39 is 0 Å². The lowest BCUT2D eigenvalue weighted by Crippen LogP contribution is -2.39. The number of thiophene rings is 1. The second-order valence-electron chi connectivity index (χ2n) is 5.99. The van der Waals surface area contributed by atoms with Crippen molar-refractivity contribution >= 4 is 39.6 Å². The largest absolute Gasteiger partial charge is 0.363 e. The lowest BCUT2D eigenvalue weighted by molar-refractivity contribution is 0.402. The summed E-state index contributed by atoms with van der Waals surface area (Å²) >= 11 is 7.20. The van der Waals surface area contributed by atoms with Gasteiger partial charge in [0.2, 0.25) is 0 Å². The predicted molar refractivity (Wildman–Crippen MR) is 109 cm³/mol. The number of fused-ring (bicyclic) bond motifs is 1. The molecule has 2 heterocycles. The van der Waals surface area contributed by atoms with Gasteiger partial charge in [-0.15, -0.1) is 11.3 Å². The van der Waals surface area contributed by atoms with E-state index in [0.29, 0.717) is 23.8 Å². The van der Waals surface area contributed by atoms with Gasteiger partial charge < -0.3 is 15.2 Å². The maximum atomic E-state index is 12.5. The first kappa shape index (κ1) is 17.6. The van der Waals surface area contributed by atoms with Gasteiger partial charge in [-0.2, -0.15) is 0 Å². The minimum Gasteiger partial charge on any atom is -0.363 e. The van der Waals surface area contributed by atoms with E-state index in [2.05, 4.69) is 27.8 Å². The number of nitrogens with one attached hydrogen (secondary N) is 2. The summed E-state index contributed by atoms with van der Waals surface area (Å²) in [6, 6.07) is 12.2. The minimum absolute atomic E-state index is 0.0615. The summed E-state index contributed by atoms with van der Waals surface area (Å²) in [6.45, 7) is 5.95. The topological polar surface area (TPSA) is 48.1 Å². The van der Waals surface area contributed by atoms with Crippen molar-refractivity contribution in [1.29, 1.82) is 0 Å². The fourth-order valence-electron chi connectivity index (χ4n) is 2.74. The summed E-state index contributed by atoms with van der Waals surface area (Å²) in [7, 11) is 0. The zero-order chi connectivity index (χ0) is 17.8. The van der Waals surface area contributed by atoms with Crippen molar-refractivity contribution in [2.45, 2.75) is 26.9 Å². The number of aromatic nitrogens is 1. The molecule has 0 aliphatic rings. The number of hydrogen-bond acceptors (Lipinski definition) is 3. The van der Waals surface area contributed by atoms with Gasteiger partial charge in [0.1, 0.15) is 0 Å². The van der Waals surface area contributed by atoms with E-state index in [1.807, 2.05) is 43.0 Å². The average Bonchev–Trinajstić information content (AvgIpc) is 3.08. The Kier molecular flexibility index (Phi) is 5.50. The third-order valence-electron chi connectivity index (χ3n) is 3.98. The molecule has 0 amide bonds. The van der Waals surface area contributed by atoms with Crippen LogP contribution in [-0.4, -0.2) is 21.5 Å². The van der Waals surface area contributed by atoms with Crippen LogP contribution in [0.2, 0.25) is 0 Å². The molecule has 6 heteroatoms.